The molecule has 0 aliphatic carbocycles. The summed E-state index contributed by atoms with van der Waals surface area (Å²) >= 11 is 0. The number of carbonyl (C=O) groups is 1. The number of nitrogens with one attached hydrogen (secondary N) is 1. The third-order valence-electron chi connectivity index (χ3n) is 2.82. The summed E-state index contributed by atoms with van der Waals surface area (Å²) in [6.45, 7) is 2.04. The van der Waals surface area contributed by atoms with Gasteiger partial charge in [-0.1, -0.05) is 24.0 Å². The van der Waals surface area contributed by atoms with Crippen LogP contribution in [-0.4, -0.2) is 17.6 Å². The normalized spacial score (nSPS) is 9.70. The second kappa shape index (κ2) is 6.60. The van der Waals surface area contributed by atoms with Gasteiger partial charge in [-0.3, -0.25) is 4.79 Å². The van der Waals surface area contributed by atoms with Crippen molar-refractivity contribution in [2.24, 2.45) is 0 Å². The van der Waals surface area contributed by atoms with Gasteiger partial charge in [-0.15, -0.1) is 0 Å². The number of furan rings is 1. The van der Waals surface area contributed by atoms with Crippen molar-refractivity contribution in [3.8, 4) is 11.8 Å². The van der Waals surface area contributed by atoms with Crippen molar-refractivity contribution in [3.05, 3.63) is 59.0 Å². The average Bonchev–Trinajstić information content (AvgIpc) is 2.90. The zero-order valence-electron chi connectivity index (χ0n) is 11.1. The molecule has 4 nitrogen and oxygen atoms in total. The predicted molar refractivity (Wildman–Crippen MR) is 75.0 cm³/mol. The third kappa shape index (κ3) is 3.50. The zero-order chi connectivity index (χ0) is 14.4. The predicted octanol–water partition coefficient (Wildman–Crippen LogP) is 1.86. The summed E-state index contributed by atoms with van der Waals surface area (Å²) in [4.78, 5) is 11.9. The fraction of sp³-hybridized carbons (Fsp3) is 0.188. The molecule has 1 aromatic heterocycles. The van der Waals surface area contributed by atoms with Crippen LogP contribution < -0.4 is 5.32 Å². The van der Waals surface area contributed by atoms with E-state index in [1.807, 2.05) is 24.3 Å². The van der Waals surface area contributed by atoms with Crippen molar-refractivity contribution >= 4 is 5.91 Å². The van der Waals surface area contributed by atoms with Crippen LogP contribution >= 0.6 is 0 Å². The van der Waals surface area contributed by atoms with Crippen molar-refractivity contribution in [2.75, 3.05) is 6.61 Å². The van der Waals surface area contributed by atoms with E-state index in [0.29, 0.717) is 17.9 Å². The molecule has 0 saturated heterocycles. The molecule has 0 unspecified atom stereocenters. The molecule has 0 aliphatic heterocycles. The lowest BCUT2D eigenvalue weighted by molar-refractivity contribution is 0.0949. The lowest BCUT2D eigenvalue weighted by Crippen LogP contribution is -2.22. The zero-order valence-corrected chi connectivity index (χ0v) is 11.1. The van der Waals surface area contributed by atoms with Crippen molar-refractivity contribution < 1.29 is 14.3 Å². The number of benzene rings is 1. The maximum Gasteiger partial charge on any atom is 0.255 e. The second-order valence-corrected chi connectivity index (χ2v) is 4.23. The van der Waals surface area contributed by atoms with Gasteiger partial charge in [-0.25, -0.2) is 0 Å². The van der Waals surface area contributed by atoms with Crippen molar-refractivity contribution in [3.63, 3.8) is 0 Å². The van der Waals surface area contributed by atoms with E-state index in [4.69, 9.17) is 9.52 Å². The highest BCUT2D eigenvalue weighted by Crippen LogP contribution is 2.09. The summed E-state index contributed by atoms with van der Waals surface area (Å²) in [6.07, 6.45) is 1.50. The van der Waals surface area contributed by atoms with Crippen LogP contribution in [-0.2, 0) is 6.54 Å². The van der Waals surface area contributed by atoms with Crippen LogP contribution in [0.2, 0.25) is 0 Å². The van der Waals surface area contributed by atoms with Gasteiger partial charge in [0, 0.05) is 12.1 Å². The third-order valence-corrected chi connectivity index (χ3v) is 2.82. The molecule has 102 valence electrons. The van der Waals surface area contributed by atoms with Gasteiger partial charge in [0.25, 0.3) is 5.91 Å². The molecule has 4 heteroatoms. The van der Waals surface area contributed by atoms with Crippen LogP contribution in [0.4, 0.5) is 0 Å². The molecule has 2 aromatic rings. The molecule has 2 rings (SSSR count). The molecule has 0 spiro atoms. The van der Waals surface area contributed by atoms with Crippen LogP contribution in [0.25, 0.3) is 0 Å². The SMILES string of the molecule is Cc1occc1C(=O)NCc1ccc(C#CCO)cc1. The van der Waals surface area contributed by atoms with Crippen LogP contribution in [0.5, 0.6) is 0 Å². The summed E-state index contributed by atoms with van der Waals surface area (Å²) in [6, 6.07) is 9.15. The lowest BCUT2D eigenvalue weighted by atomic mass is 10.1. The summed E-state index contributed by atoms with van der Waals surface area (Å²) in [5.74, 6) is 5.86. The minimum Gasteiger partial charge on any atom is -0.469 e. The maximum atomic E-state index is 11.9. The summed E-state index contributed by atoms with van der Waals surface area (Å²) < 4.78 is 5.09. The highest BCUT2D eigenvalue weighted by atomic mass is 16.3. The van der Waals surface area contributed by atoms with Gasteiger partial charge in [0.15, 0.2) is 0 Å². The van der Waals surface area contributed by atoms with E-state index in [9.17, 15) is 4.79 Å². The van der Waals surface area contributed by atoms with Crippen LogP contribution in [0.3, 0.4) is 0 Å². The first-order valence-corrected chi connectivity index (χ1v) is 6.21. The van der Waals surface area contributed by atoms with E-state index in [1.165, 1.54) is 6.26 Å². The molecule has 0 bridgehead atoms. The van der Waals surface area contributed by atoms with E-state index in [2.05, 4.69) is 17.2 Å². The quantitative estimate of drug-likeness (QED) is 0.836. The Labute approximate surface area is 117 Å². The topological polar surface area (TPSA) is 62.5 Å². The Morgan fingerprint density at radius 3 is 2.65 bits per heavy atom. The molecule has 0 saturated carbocycles. The van der Waals surface area contributed by atoms with E-state index >= 15 is 0 Å². The Hall–Kier alpha value is -2.51. The van der Waals surface area contributed by atoms with Gasteiger partial charge >= 0.3 is 0 Å². The lowest BCUT2D eigenvalue weighted by Gasteiger charge is -2.04. The van der Waals surface area contributed by atoms with Gasteiger partial charge in [-0.05, 0) is 30.7 Å². The molecule has 0 atom stereocenters. The smallest absolute Gasteiger partial charge is 0.255 e. The Morgan fingerprint density at radius 1 is 1.30 bits per heavy atom. The van der Waals surface area contributed by atoms with Gasteiger partial charge in [0.05, 0.1) is 11.8 Å². The number of aliphatic hydroxyl groups excluding tert-OH is 1. The van der Waals surface area contributed by atoms with Crippen LogP contribution in [0, 0.1) is 18.8 Å². The molecule has 0 aliphatic rings. The Kier molecular flexibility index (Phi) is 4.59. The van der Waals surface area contributed by atoms with Gasteiger partial charge in [0.2, 0.25) is 0 Å². The minimum atomic E-state index is -0.152. The first-order valence-electron chi connectivity index (χ1n) is 6.21. The molecule has 0 radical (unpaired) electrons. The van der Waals surface area contributed by atoms with E-state index in [1.54, 1.807) is 13.0 Å². The van der Waals surface area contributed by atoms with Crippen molar-refractivity contribution in [2.45, 2.75) is 13.5 Å². The second-order valence-electron chi connectivity index (χ2n) is 4.23. The van der Waals surface area contributed by atoms with E-state index in [-0.39, 0.29) is 12.5 Å². The van der Waals surface area contributed by atoms with Gasteiger partial charge < -0.3 is 14.8 Å². The number of aryl methyl sites for hydroxylation is 1. The molecule has 2 N–H and O–H groups in total. The molecule has 1 heterocycles. The maximum absolute atomic E-state index is 11.9. The number of carbonyl (C=O) groups excluding carboxylic acids is 1. The van der Waals surface area contributed by atoms with Crippen molar-refractivity contribution in [1.29, 1.82) is 0 Å². The fourth-order valence-corrected chi connectivity index (χ4v) is 1.75. The summed E-state index contributed by atoms with van der Waals surface area (Å²) in [7, 11) is 0. The highest BCUT2D eigenvalue weighted by Gasteiger charge is 2.10. The van der Waals surface area contributed by atoms with Gasteiger partial charge in [0.1, 0.15) is 12.4 Å². The minimum absolute atomic E-state index is 0.151. The highest BCUT2D eigenvalue weighted by molar-refractivity contribution is 5.94. The van der Waals surface area contributed by atoms with Gasteiger partial charge in [-0.2, -0.15) is 0 Å². The Bertz CT molecular complexity index is 644. The number of hydrogen-bond acceptors (Lipinski definition) is 3. The van der Waals surface area contributed by atoms with E-state index < -0.39 is 0 Å². The van der Waals surface area contributed by atoms with Crippen molar-refractivity contribution in [1.82, 2.24) is 5.32 Å². The summed E-state index contributed by atoms with van der Waals surface area (Å²) in [5.41, 5.74) is 2.37. The number of hydrogen-bond donors (Lipinski definition) is 2. The number of aliphatic hydroxyl groups is 1. The standard InChI is InChI=1S/C16H15NO3/c1-12-15(8-10-20-12)16(19)17-11-14-6-4-13(5-7-14)3-2-9-18/h4-8,10,18H,9,11H2,1H3,(H,17,19). The van der Waals surface area contributed by atoms with E-state index in [0.717, 1.165) is 11.1 Å². The molecule has 20 heavy (non-hydrogen) atoms. The number of amides is 1. The van der Waals surface area contributed by atoms with Crippen LogP contribution in [0.15, 0.2) is 41.0 Å². The average molecular weight is 269 g/mol. The fourth-order valence-electron chi connectivity index (χ4n) is 1.75. The first kappa shape index (κ1) is 13.9. The first-order chi connectivity index (χ1) is 9.70. The molecular weight excluding hydrogens is 254 g/mol. The largest absolute Gasteiger partial charge is 0.469 e. The molecule has 0 fully saturated rings. The number of rotatable bonds is 3. The monoisotopic (exact) mass is 269 g/mol. The molecule has 1 aromatic carbocycles. The summed E-state index contributed by atoms with van der Waals surface area (Å²) in [5, 5.41) is 11.4. The Morgan fingerprint density at radius 2 is 2.05 bits per heavy atom. The van der Waals surface area contributed by atoms with Crippen LogP contribution in [0.1, 0.15) is 27.2 Å². The molecular formula is C16H15NO3. The molecule has 1 amide bonds. The Balaban J connectivity index is 1.94.